The number of esters is 1. The van der Waals surface area contributed by atoms with E-state index in [9.17, 15) is 34.5 Å². The van der Waals surface area contributed by atoms with Gasteiger partial charge in [-0.15, -0.1) is 0 Å². The first-order valence-electron chi connectivity index (χ1n) is 12.4. The first-order chi connectivity index (χ1) is 16.5. The van der Waals surface area contributed by atoms with Gasteiger partial charge in [0.15, 0.2) is 11.6 Å². The van der Waals surface area contributed by atoms with Crippen LogP contribution in [0.3, 0.4) is 0 Å². The van der Waals surface area contributed by atoms with Crippen molar-refractivity contribution in [3.8, 4) is 0 Å². The standard InChI is InChI=1S/C27H40O9/c1-7-17(14-36-21(32)11-15(2)10-20(30)31)23-26(5,19(29)8-9-28)22-16(3)12-25(4,34)13-18(22)24(33)27(23,6)35/h8-10,16-18,22-23,28,34-35H,7,11-14H2,1-6H3,(H,30,31)/b9-8-,15-10+/t16-,17+,18+,22+,23-,25?,26-,27+/m1/s1. The molecule has 0 aromatic heterocycles. The van der Waals surface area contributed by atoms with Gasteiger partial charge in [-0.05, 0) is 57.8 Å². The molecule has 0 radical (unpaired) electrons. The zero-order valence-electron chi connectivity index (χ0n) is 22.0. The molecule has 2 fully saturated rings. The summed E-state index contributed by atoms with van der Waals surface area (Å²) in [6.45, 7) is 9.72. The number of carbonyl (C=O) groups excluding carboxylic acids is 3. The maximum Gasteiger partial charge on any atom is 0.328 e. The molecule has 2 saturated carbocycles. The molecule has 0 saturated heterocycles. The molecule has 0 aliphatic heterocycles. The first kappa shape index (κ1) is 29.7. The lowest BCUT2D eigenvalue weighted by atomic mass is 9.42. The first-order valence-corrected chi connectivity index (χ1v) is 12.4. The van der Waals surface area contributed by atoms with E-state index in [0.717, 1.165) is 12.2 Å². The number of allylic oxidation sites excluding steroid dienone is 1. The Morgan fingerprint density at radius 3 is 2.31 bits per heavy atom. The topological polar surface area (TPSA) is 158 Å². The normalized spacial score (nSPS) is 37.9. The summed E-state index contributed by atoms with van der Waals surface area (Å²) in [4.78, 5) is 50.5. The second kappa shape index (κ2) is 10.8. The van der Waals surface area contributed by atoms with E-state index in [1.54, 1.807) is 13.8 Å². The van der Waals surface area contributed by atoms with Crippen LogP contribution < -0.4 is 0 Å². The van der Waals surface area contributed by atoms with Gasteiger partial charge in [0.25, 0.3) is 0 Å². The molecular weight excluding hydrogens is 468 g/mol. The van der Waals surface area contributed by atoms with Crippen molar-refractivity contribution in [2.24, 2.45) is 35.0 Å². The van der Waals surface area contributed by atoms with Gasteiger partial charge in [-0.3, -0.25) is 14.4 Å². The van der Waals surface area contributed by atoms with Gasteiger partial charge in [-0.1, -0.05) is 26.3 Å². The van der Waals surface area contributed by atoms with Crippen LogP contribution in [0.15, 0.2) is 24.0 Å². The highest BCUT2D eigenvalue weighted by molar-refractivity contribution is 6.00. The molecular formula is C27H40O9. The van der Waals surface area contributed by atoms with E-state index in [1.807, 2.05) is 13.8 Å². The van der Waals surface area contributed by atoms with Crippen LogP contribution in [0.4, 0.5) is 0 Å². The Bertz CT molecular complexity index is 945. The van der Waals surface area contributed by atoms with Crippen LogP contribution >= 0.6 is 0 Å². The molecule has 2 aliphatic rings. The number of fused-ring (bicyclic) bond motifs is 1. The SMILES string of the molecule is CC[C@@H](COC(=O)C/C(C)=C/C(=O)O)[C@@H]1[C@](C)(C(=O)/C=C\O)[C@H]2[C@H](C)CC(C)(O)C[C@@H]2C(=O)[C@@]1(C)O. The van der Waals surface area contributed by atoms with E-state index in [4.69, 9.17) is 9.84 Å². The van der Waals surface area contributed by atoms with Crippen molar-refractivity contribution in [2.75, 3.05) is 6.61 Å². The number of carboxylic acid groups (broad SMARTS) is 1. The summed E-state index contributed by atoms with van der Waals surface area (Å²) < 4.78 is 5.44. The number of ketones is 2. The van der Waals surface area contributed by atoms with Crippen LogP contribution in [0.5, 0.6) is 0 Å². The quantitative estimate of drug-likeness (QED) is 0.209. The molecule has 1 unspecified atom stereocenters. The minimum Gasteiger partial charge on any atom is -0.515 e. The summed E-state index contributed by atoms with van der Waals surface area (Å²) in [5, 5.41) is 40.8. The van der Waals surface area contributed by atoms with Crippen molar-refractivity contribution in [3.63, 3.8) is 0 Å². The fourth-order valence-electron chi connectivity index (χ4n) is 7.19. The highest BCUT2D eigenvalue weighted by Gasteiger charge is 2.68. The maximum absolute atomic E-state index is 13.7. The van der Waals surface area contributed by atoms with Gasteiger partial charge in [-0.2, -0.15) is 0 Å². The van der Waals surface area contributed by atoms with Gasteiger partial charge in [0, 0.05) is 29.4 Å². The fraction of sp³-hybridized carbons (Fsp3) is 0.704. The number of hydrogen-bond donors (Lipinski definition) is 4. The monoisotopic (exact) mass is 508 g/mol. The summed E-state index contributed by atoms with van der Waals surface area (Å²) in [6, 6.07) is 0. The molecule has 0 heterocycles. The van der Waals surface area contributed by atoms with Crippen molar-refractivity contribution >= 4 is 23.5 Å². The molecule has 2 aliphatic carbocycles. The third kappa shape index (κ3) is 5.72. The van der Waals surface area contributed by atoms with E-state index in [1.165, 1.54) is 13.8 Å². The van der Waals surface area contributed by atoms with Crippen LogP contribution in [0.1, 0.15) is 67.2 Å². The molecule has 2 rings (SSSR count). The zero-order valence-corrected chi connectivity index (χ0v) is 22.0. The molecule has 0 aromatic carbocycles. The number of aliphatic hydroxyl groups is 3. The van der Waals surface area contributed by atoms with E-state index >= 15 is 0 Å². The molecule has 0 aromatic rings. The largest absolute Gasteiger partial charge is 0.515 e. The Morgan fingerprint density at radius 1 is 1.17 bits per heavy atom. The third-order valence-corrected chi connectivity index (χ3v) is 8.25. The zero-order chi connectivity index (χ0) is 27.6. The van der Waals surface area contributed by atoms with Crippen molar-refractivity contribution in [1.82, 2.24) is 0 Å². The minimum absolute atomic E-state index is 0.108. The number of aliphatic carboxylic acids is 1. The number of ether oxygens (including phenoxy) is 1. The molecule has 8 atom stereocenters. The second-order valence-corrected chi connectivity index (χ2v) is 11.3. The number of carbonyl (C=O) groups is 4. The molecule has 0 spiro atoms. The predicted molar refractivity (Wildman–Crippen MR) is 131 cm³/mol. The van der Waals surface area contributed by atoms with Crippen molar-refractivity contribution < 1.29 is 44.3 Å². The van der Waals surface area contributed by atoms with E-state index in [2.05, 4.69) is 0 Å². The molecule has 0 amide bonds. The smallest absolute Gasteiger partial charge is 0.328 e. The average molecular weight is 509 g/mol. The van der Waals surface area contributed by atoms with Crippen LogP contribution in [-0.2, 0) is 23.9 Å². The minimum atomic E-state index is -1.96. The summed E-state index contributed by atoms with van der Waals surface area (Å²) in [7, 11) is 0. The molecule has 9 nitrogen and oxygen atoms in total. The number of Topliss-reactive ketones (excluding diaryl/α,β-unsaturated/α-hetero) is 1. The van der Waals surface area contributed by atoms with Gasteiger partial charge in [0.1, 0.15) is 5.60 Å². The summed E-state index contributed by atoms with van der Waals surface area (Å²) in [5.41, 5.74) is -4.09. The van der Waals surface area contributed by atoms with E-state index in [0.29, 0.717) is 24.7 Å². The summed E-state index contributed by atoms with van der Waals surface area (Å²) in [6.07, 6.45) is 3.21. The van der Waals surface area contributed by atoms with Crippen molar-refractivity contribution in [1.29, 1.82) is 0 Å². The molecule has 36 heavy (non-hydrogen) atoms. The molecule has 202 valence electrons. The third-order valence-electron chi connectivity index (χ3n) is 8.25. The highest BCUT2D eigenvalue weighted by Crippen LogP contribution is 2.61. The lowest BCUT2D eigenvalue weighted by Crippen LogP contribution is -2.69. The Morgan fingerprint density at radius 2 is 1.78 bits per heavy atom. The molecule has 4 N–H and O–H groups in total. The Balaban J connectivity index is 2.51. The van der Waals surface area contributed by atoms with Gasteiger partial charge in [0.2, 0.25) is 0 Å². The number of aliphatic hydroxyl groups excluding tert-OH is 1. The van der Waals surface area contributed by atoms with Crippen LogP contribution in [0.25, 0.3) is 0 Å². The Labute approximate surface area is 212 Å². The van der Waals surface area contributed by atoms with Crippen molar-refractivity contribution in [3.05, 3.63) is 24.0 Å². The number of rotatable bonds is 9. The average Bonchev–Trinajstić information content (AvgIpc) is 2.72. The van der Waals surface area contributed by atoms with Crippen LogP contribution in [-0.4, -0.2) is 61.7 Å². The van der Waals surface area contributed by atoms with Gasteiger partial charge >= 0.3 is 11.9 Å². The van der Waals surface area contributed by atoms with E-state index < -0.39 is 63.8 Å². The lowest BCUT2D eigenvalue weighted by Gasteiger charge is -2.61. The van der Waals surface area contributed by atoms with Crippen LogP contribution in [0, 0.1) is 35.0 Å². The van der Waals surface area contributed by atoms with Crippen LogP contribution in [0.2, 0.25) is 0 Å². The van der Waals surface area contributed by atoms with Gasteiger partial charge in [-0.25, -0.2) is 4.79 Å². The van der Waals surface area contributed by atoms with Crippen molar-refractivity contribution in [2.45, 2.75) is 78.4 Å². The second-order valence-electron chi connectivity index (χ2n) is 11.3. The lowest BCUT2D eigenvalue weighted by molar-refractivity contribution is -0.206. The predicted octanol–water partition coefficient (Wildman–Crippen LogP) is 2.99. The van der Waals surface area contributed by atoms with Gasteiger partial charge < -0.3 is 25.2 Å². The Hall–Kier alpha value is -2.52. The maximum atomic E-state index is 13.7. The molecule has 9 heteroatoms. The highest BCUT2D eigenvalue weighted by atomic mass is 16.5. The number of carboxylic acids is 1. The summed E-state index contributed by atoms with van der Waals surface area (Å²) >= 11 is 0. The van der Waals surface area contributed by atoms with Gasteiger partial charge in [0.05, 0.1) is 24.9 Å². The summed E-state index contributed by atoms with van der Waals surface area (Å²) in [5.74, 6) is -5.78. The Kier molecular flexibility index (Phi) is 8.95. The number of hydrogen-bond acceptors (Lipinski definition) is 8. The van der Waals surface area contributed by atoms with E-state index in [-0.39, 0.29) is 25.4 Å². The fourth-order valence-corrected chi connectivity index (χ4v) is 7.19. The molecule has 0 bridgehead atoms.